The minimum Gasteiger partial charge on any atom is -0.367 e. The van der Waals surface area contributed by atoms with Gasteiger partial charge in [-0.05, 0) is 43.5 Å². The van der Waals surface area contributed by atoms with E-state index in [-0.39, 0.29) is 17.5 Å². The lowest BCUT2D eigenvalue weighted by molar-refractivity contribution is -0.119. The van der Waals surface area contributed by atoms with Gasteiger partial charge in [-0.3, -0.25) is 14.5 Å². The van der Waals surface area contributed by atoms with Crippen molar-refractivity contribution in [2.45, 2.75) is 13.8 Å². The Morgan fingerprint density at radius 1 is 0.969 bits per heavy atom. The van der Waals surface area contributed by atoms with Gasteiger partial charge in [0.25, 0.3) is 0 Å². The number of hydrogen-bond acceptors (Lipinski definition) is 4. The standard InChI is InChI=1S/C26H28FN3O2/c1-3-30(24-10-6-8-20-7-4-5-9-22(20)24)26(32)18-28-13-15-29(16-14-28)25-12-11-21(19(2)31)17-23(25)27/h4-12,17H,3,13-16,18H2,1-2H3. The van der Waals surface area contributed by atoms with Crippen LogP contribution in [0.25, 0.3) is 10.8 Å². The van der Waals surface area contributed by atoms with Crippen LogP contribution in [0.4, 0.5) is 15.8 Å². The molecule has 1 heterocycles. The van der Waals surface area contributed by atoms with E-state index < -0.39 is 0 Å². The maximum absolute atomic E-state index is 14.5. The monoisotopic (exact) mass is 433 g/mol. The van der Waals surface area contributed by atoms with Gasteiger partial charge in [0.15, 0.2) is 5.78 Å². The molecular weight excluding hydrogens is 405 g/mol. The van der Waals surface area contributed by atoms with Gasteiger partial charge < -0.3 is 9.80 Å². The van der Waals surface area contributed by atoms with Gasteiger partial charge in [0.05, 0.1) is 17.9 Å². The van der Waals surface area contributed by atoms with E-state index in [1.807, 2.05) is 47.1 Å². The van der Waals surface area contributed by atoms with Crippen molar-refractivity contribution in [3.63, 3.8) is 0 Å². The zero-order valence-corrected chi connectivity index (χ0v) is 18.6. The summed E-state index contributed by atoms with van der Waals surface area (Å²) in [4.78, 5) is 30.6. The summed E-state index contributed by atoms with van der Waals surface area (Å²) in [5, 5.41) is 2.18. The van der Waals surface area contributed by atoms with Gasteiger partial charge in [-0.25, -0.2) is 4.39 Å². The summed E-state index contributed by atoms with van der Waals surface area (Å²) in [5.74, 6) is -0.463. The largest absolute Gasteiger partial charge is 0.367 e. The Morgan fingerprint density at radius 2 is 1.69 bits per heavy atom. The Kier molecular flexibility index (Phi) is 6.51. The highest BCUT2D eigenvalue weighted by atomic mass is 19.1. The normalized spacial score (nSPS) is 14.5. The summed E-state index contributed by atoms with van der Waals surface area (Å²) in [6.45, 7) is 6.96. The summed E-state index contributed by atoms with van der Waals surface area (Å²) in [6, 6.07) is 18.8. The number of amides is 1. The molecule has 0 spiro atoms. The second-order valence-corrected chi connectivity index (χ2v) is 8.12. The first-order chi connectivity index (χ1) is 15.5. The van der Waals surface area contributed by atoms with E-state index in [4.69, 9.17) is 0 Å². The molecule has 6 heteroatoms. The molecule has 4 rings (SSSR count). The molecule has 0 bridgehead atoms. The first-order valence-corrected chi connectivity index (χ1v) is 11.0. The van der Waals surface area contributed by atoms with Crippen LogP contribution in [-0.2, 0) is 4.79 Å². The Hall–Kier alpha value is -3.25. The molecule has 0 unspecified atom stereocenters. The molecule has 1 fully saturated rings. The zero-order chi connectivity index (χ0) is 22.7. The Morgan fingerprint density at radius 3 is 2.38 bits per heavy atom. The summed E-state index contributed by atoms with van der Waals surface area (Å²) < 4.78 is 14.5. The fourth-order valence-electron chi connectivity index (χ4n) is 4.33. The Bertz CT molecular complexity index is 1130. The van der Waals surface area contributed by atoms with Crippen LogP contribution < -0.4 is 9.80 Å². The molecule has 0 radical (unpaired) electrons. The lowest BCUT2D eigenvalue weighted by Crippen LogP contribution is -2.50. The molecule has 166 valence electrons. The third-order valence-corrected chi connectivity index (χ3v) is 6.10. The van der Waals surface area contributed by atoms with Crippen LogP contribution in [0.5, 0.6) is 0 Å². The highest BCUT2D eigenvalue weighted by Crippen LogP contribution is 2.27. The molecule has 0 N–H and O–H groups in total. The van der Waals surface area contributed by atoms with Crippen LogP contribution in [0.1, 0.15) is 24.2 Å². The zero-order valence-electron chi connectivity index (χ0n) is 18.6. The van der Waals surface area contributed by atoms with Crippen molar-refractivity contribution in [1.82, 2.24) is 4.90 Å². The molecule has 0 atom stereocenters. The summed E-state index contributed by atoms with van der Waals surface area (Å²) in [7, 11) is 0. The van der Waals surface area contributed by atoms with Gasteiger partial charge in [0.1, 0.15) is 5.82 Å². The number of halogens is 1. The van der Waals surface area contributed by atoms with Gasteiger partial charge in [0.2, 0.25) is 5.91 Å². The molecule has 3 aromatic carbocycles. The predicted octanol–water partition coefficient (Wildman–Crippen LogP) is 4.36. The van der Waals surface area contributed by atoms with Crippen LogP contribution in [-0.4, -0.2) is 55.9 Å². The van der Waals surface area contributed by atoms with Crippen molar-refractivity contribution in [1.29, 1.82) is 0 Å². The SMILES string of the molecule is CCN(C(=O)CN1CCN(c2ccc(C(C)=O)cc2F)CC1)c1cccc2ccccc12. The number of fused-ring (bicyclic) bond motifs is 1. The van der Waals surface area contributed by atoms with Crippen LogP contribution in [0, 0.1) is 5.82 Å². The molecule has 1 saturated heterocycles. The molecule has 1 aliphatic rings. The van der Waals surface area contributed by atoms with Crippen LogP contribution in [0.3, 0.4) is 0 Å². The highest BCUT2D eigenvalue weighted by molar-refractivity contribution is 6.04. The Balaban J connectivity index is 1.41. The lowest BCUT2D eigenvalue weighted by Gasteiger charge is -2.36. The molecule has 5 nitrogen and oxygen atoms in total. The number of rotatable bonds is 6. The quantitative estimate of drug-likeness (QED) is 0.542. The van der Waals surface area contributed by atoms with Crippen molar-refractivity contribution in [3.8, 4) is 0 Å². The highest BCUT2D eigenvalue weighted by Gasteiger charge is 2.24. The molecular formula is C26H28FN3O2. The number of Topliss-reactive ketones (excluding diaryl/α,β-unsaturated/α-hetero) is 1. The molecule has 32 heavy (non-hydrogen) atoms. The van der Waals surface area contributed by atoms with E-state index in [0.717, 1.165) is 16.5 Å². The van der Waals surface area contributed by atoms with Gasteiger partial charge >= 0.3 is 0 Å². The van der Waals surface area contributed by atoms with Gasteiger partial charge in [-0.15, -0.1) is 0 Å². The molecule has 1 amide bonds. The molecule has 1 aliphatic heterocycles. The van der Waals surface area contributed by atoms with Crippen LogP contribution in [0.2, 0.25) is 0 Å². The maximum Gasteiger partial charge on any atom is 0.241 e. The Labute approximate surface area is 188 Å². The molecule has 0 saturated carbocycles. The molecule has 0 aromatic heterocycles. The number of carbonyl (C=O) groups excluding carboxylic acids is 2. The topological polar surface area (TPSA) is 43.9 Å². The average Bonchev–Trinajstić information content (AvgIpc) is 2.80. The second kappa shape index (κ2) is 9.49. The van der Waals surface area contributed by atoms with E-state index in [9.17, 15) is 14.0 Å². The number of hydrogen-bond donors (Lipinski definition) is 0. The van der Waals surface area contributed by atoms with Crippen molar-refractivity contribution < 1.29 is 14.0 Å². The summed E-state index contributed by atoms with van der Waals surface area (Å²) in [6.07, 6.45) is 0. The van der Waals surface area contributed by atoms with E-state index in [1.54, 1.807) is 12.1 Å². The fraction of sp³-hybridized carbons (Fsp3) is 0.308. The minimum atomic E-state index is -0.379. The van der Waals surface area contributed by atoms with Crippen molar-refractivity contribution >= 4 is 33.8 Å². The average molecular weight is 434 g/mol. The summed E-state index contributed by atoms with van der Waals surface area (Å²) >= 11 is 0. The first-order valence-electron chi connectivity index (χ1n) is 11.0. The predicted molar refractivity (Wildman–Crippen MR) is 127 cm³/mol. The lowest BCUT2D eigenvalue weighted by atomic mass is 10.1. The number of anilines is 2. The smallest absolute Gasteiger partial charge is 0.241 e. The minimum absolute atomic E-state index is 0.0642. The van der Waals surface area contributed by atoms with Crippen LogP contribution >= 0.6 is 0 Å². The second-order valence-electron chi connectivity index (χ2n) is 8.12. The van der Waals surface area contributed by atoms with Crippen molar-refractivity contribution in [3.05, 3.63) is 72.0 Å². The third-order valence-electron chi connectivity index (χ3n) is 6.10. The van der Waals surface area contributed by atoms with E-state index in [1.165, 1.54) is 13.0 Å². The summed E-state index contributed by atoms with van der Waals surface area (Å²) in [5.41, 5.74) is 1.82. The third kappa shape index (κ3) is 4.50. The van der Waals surface area contributed by atoms with Gasteiger partial charge in [0, 0.05) is 43.7 Å². The van der Waals surface area contributed by atoms with E-state index in [0.29, 0.717) is 50.5 Å². The number of piperazine rings is 1. The molecule has 3 aromatic rings. The van der Waals surface area contributed by atoms with E-state index >= 15 is 0 Å². The number of nitrogens with zero attached hydrogens (tertiary/aromatic N) is 3. The molecule has 0 aliphatic carbocycles. The van der Waals surface area contributed by atoms with Crippen molar-refractivity contribution in [2.75, 3.05) is 49.1 Å². The van der Waals surface area contributed by atoms with E-state index in [2.05, 4.69) is 17.0 Å². The maximum atomic E-state index is 14.5. The number of likely N-dealkylation sites (N-methyl/N-ethyl adjacent to an activating group) is 1. The van der Waals surface area contributed by atoms with Gasteiger partial charge in [-0.1, -0.05) is 36.4 Å². The number of benzene rings is 3. The van der Waals surface area contributed by atoms with Crippen molar-refractivity contribution in [2.24, 2.45) is 0 Å². The van der Waals surface area contributed by atoms with Gasteiger partial charge in [-0.2, -0.15) is 0 Å². The number of ketones is 1. The van der Waals surface area contributed by atoms with Crippen LogP contribution in [0.15, 0.2) is 60.7 Å². The first kappa shape index (κ1) is 22.0. The fourth-order valence-corrected chi connectivity index (χ4v) is 4.33. The number of carbonyl (C=O) groups is 2.